The second-order valence-corrected chi connectivity index (χ2v) is 6.30. The molecule has 0 saturated carbocycles. The van der Waals surface area contributed by atoms with Crippen LogP contribution in [0, 0.1) is 5.92 Å². The molecule has 1 N–H and O–H groups in total. The number of carbonyl (C=O) groups excluding carboxylic acids is 1. The number of nitrogens with one attached hydrogen (secondary N) is 1. The molecule has 24 heavy (non-hydrogen) atoms. The molecule has 1 heterocycles. The average Bonchev–Trinajstić information content (AvgIpc) is 3.09. The van der Waals surface area contributed by atoms with Gasteiger partial charge in [0, 0.05) is 6.61 Å². The van der Waals surface area contributed by atoms with Gasteiger partial charge in [0.05, 0.1) is 19.3 Å². The molecule has 1 saturated heterocycles. The molecule has 1 amide bonds. The van der Waals surface area contributed by atoms with Crippen LogP contribution in [0.5, 0.6) is 11.5 Å². The Labute approximate surface area is 144 Å². The van der Waals surface area contributed by atoms with Gasteiger partial charge in [-0.25, -0.2) is 0 Å². The zero-order chi connectivity index (χ0) is 17.5. The van der Waals surface area contributed by atoms with Gasteiger partial charge in [-0.2, -0.15) is 0 Å². The van der Waals surface area contributed by atoms with Crippen molar-refractivity contribution in [1.29, 1.82) is 0 Å². The van der Waals surface area contributed by atoms with E-state index in [0.717, 1.165) is 24.2 Å². The smallest absolute Gasteiger partial charge is 0.249 e. The van der Waals surface area contributed by atoms with Gasteiger partial charge >= 0.3 is 0 Å². The van der Waals surface area contributed by atoms with E-state index in [1.807, 2.05) is 32.0 Å². The fraction of sp³-hybridized carbons (Fsp3) is 0.632. The van der Waals surface area contributed by atoms with Crippen LogP contribution >= 0.6 is 0 Å². The van der Waals surface area contributed by atoms with E-state index >= 15 is 0 Å². The Bertz CT molecular complexity index is 538. The average molecular weight is 335 g/mol. The van der Waals surface area contributed by atoms with Gasteiger partial charge in [0.2, 0.25) is 5.91 Å². The fourth-order valence-corrected chi connectivity index (χ4v) is 2.93. The molecule has 0 aromatic heterocycles. The standard InChI is InChI=1S/C19H29NO4/c1-5-22-15-10-9-14(12-17(15)23-6-2)18(13(3)4)20-19(21)16-8-7-11-24-16/h9-10,12-13,16,18H,5-8,11H2,1-4H3,(H,20,21). The van der Waals surface area contributed by atoms with Crippen LogP contribution in [-0.4, -0.2) is 31.8 Å². The number of amides is 1. The molecule has 0 bridgehead atoms. The minimum absolute atomic E-state index is 0.0296. The van der Waals surface area contributed by atoms with Crippen molar-refractivity contribution in [2.24, 2.45) is 5.92 Å². The van der Waals surface area contributed by atoms with Gasteiger partial charge in [-0.1, -0.05) is 19.9 Å². The van der Waals surface area contributed by atoms with Crippen molar-refractivity contribution < 1.29 is 19.0 Å². The van der Waals surface area contributed by atoms with E-state index in [1.165, 1.54) is 0 Å². The van der Waals surface area contributed by atoms with E-state index in [9.17, 15) is 4.79 Å². The second-order valence-electron chi connectivity index (χ2n) is 6.30. The Morgan fingerprint density at radius 3 is 2.54 bits per heavy atom. The summed E-state index contributed by atoms with van der Waals surface area (Å²) in [4.78, 5) is 12.4. The van der Waals surface area contributed by atoms with Crippen molar-refractivity contribution in [2.75, 3.05) is 19.8 Å². The summed E-state index contributed by atoms with van der Waals surface area (Å²) in [5.74, 6) is 1.67. The number of ether oxygens (including phenoxy) is 3. The van der Waals surface area contributed by atoms with Gasteiger partial charge < -0.3 is 19.5 Å². The van der Waals surface area contributed by atoms with E-state index in [4.69, 9.17) is 14.2 Å². The highest BCUT2D eigenvalue weighted by atomic mass is 16.5. The lowest BCUT2D eigenvalue weighted by Gasteiger charge is -2.25. The van der Waals surface area contributed by atoms with E-state index in [1.54, 1.807) is 0 Å². The first-order chi connectivity index (χ1) is 11.6. The highest BCUT2D eigenvalue weighted by Crippen LogP contribution is 2.33. The first kappa shape index (κ1) is 18.6. The van der Waals surface area contributed by atoms with Crippen molar-refractivity contribution in [1.82, 2.24) is 5.32 Å². The summed E-state index contributed by atoms with van der Waals surface area (Å²) in [6, 6.07) is 5.79. The van der Waals surface area contributed by atoms with E-state index in [-0.39, 0.29) is 24.0 Å². The Kier molecular flexibility index (Phi) is 6.91. The van der Waals surface area contributed by atoms with Crippen LogP contribution in [0.2, 0.25) is 0 Å². The van der Waals surface area contributed by atoms with Crippen LogP contribution in [0.25, 0.3) is 0 Å². The molecule has 1 aromatic carbocycles. The van der Waals surface area contributed by atoms with E-state index < -0.39 is 0 Å². The largest absolute Gasteiger partial charge is 0.490 e. The minimum Gasteiger partial charge on any atom is -0.490 e. The molecule has 1 aliphatic heterocycles. The third-order valence-corrected chi connectivity index (χ3v) is 4.11. The van der Waals surface area contributed by atoms with Crippen LogP contribution in [0.1, 0.15) is 52.1 Å². The zero-order valence-corrected chi connectivity index (χ0v) is 15.1. The van der Waals surface area contributed by atoms with Crippen molar-refractivity contribution in [2.45, 2.75) is 52.7 Å². The van der Waals surface area contributed by atoms with Gasteiger partial charge in [-0.15, -0.1) is 0 Å². The monoisotopic (exact) mass is 335 g/mol. The molecule has 0 radical (unpaired) electrons. The summed E-state index contributed by atoms with van der Waals surface area (Å²) in [6.07, 6.45) is 1.42. The Morgan fingerprint density at radius 2 is 1.96 bits per heavy atom. The summed E-state index contributed by atoms with van der Waals surface area (Å²) >= 11 is 0. The number of hydrogen-bond donors (Lipinski definition) is 1. The molecule has 134 valence electrons. The van der Waals surface area contributed by atoms with Crippen molar-refractivity contribution in [3.63, 3.8) is 0 Å². The summed E-state index contributed by atoms with van der Waals surface area (Å²) in [6.45, 7) is 9.90. The lowest BCUT2D eigenvalue weighted by Crippen LogP contribution is -2.38. The molecule has 2 unspecified atom stereocenters. The molecule has 0 aliphatic carbocycles. The van der Waals surface area contributed by atoms with Gasteiger partial charge in [-0.05, 0) is 50.3 Å². The normalized spacial score (nSPS) is 18.5. The molecule has 1 aromatic rings. The summed E-state index contributed by atoms with van der Waals surface area (Å²) in [5.41, 5.74) is 1.02. The third-order valence-electron chi connectivity index (χ3n) is 4.11. The third kappa shape index (κ3) is 4.63. The van der Waals surface area contributed by atoms with Crippen LogP contribution in [0.3, 0.4) is 0 Å². The molecule has 2 atom stereocenters. The topological polar surface area (TPSA) is 56.8 Å². The predicted octanol–water partition coefficient (Wildman–Crippen LogP) is 3.48. The highest BCUT2D eigenvalue weighted by Gasteiger charge is 2.27. The van der Waals surface area contributed by atoms with E-state index in [2.05, 4.69) is 19.2 Å². The van der Waals surface area contributed by atoms with E-state index in [0.29, 0.717) is 25.6 Å². The van der Waals surface area contributed by atoms with Gasteiger partial charge in [0.25, 0.3) is 0 Å². The molecule has 5 nitrogen and oxygen atoms in total. The highest BCUT2D eigenvalue weighted by molar-refractivity contribution is 5.81. The maximum absolute atomic E-state index is 12.4. The van der Waals surface area contributed by atoms with Crippen LogP contribution in [0.4, 0.5) is 0 Å². The summed E-state index contributed by atoms with van der Waals surface area (Å²) < 4.78 is 16.8. The van der Waals surface area contributed by atoms with Crippen LogP contribution < -0.4 is 14.8 Å². The zero-order valence-electron chi connectivity index (χ0n) is 15.1. The van der Waals surface area contributed by atoms with Gasteiger partial charge in [-0.3, -0.25) is 4.79 Å². The molecule has 1 fully saturated rings. The van der Waals surface area contributed by atoms with Gasteiger partial charge in [0.1, 0.15) is 6.10 Å². The second kappa shape index (κ2) is 8.92. The first-order valence-electron chi connectivity index (χ1n) is 8.88. The van der Waals surface area contributed by atoms with Crippen molar-refractivity contribution in [3.8, 4) is 11.5 Å². The van der Waals surface area contributed by atoms with Crippen molar-refractivity contribution >= 4 is 5.91 Å². The maximum Gasteiger partial charge on any atom is 0.249 e. The number of carbonyl (C=O) groups is 1. The molecule has 1 aliphatic rings. The number of benzene rings is 1. The summed E-state index contributed by atoms with van der Waals surface area (Å²) in [7, 11) is 0. The SMILES string of the molecule is CCOc1ccc(C(NC(=O)C2CCCO2)C(C)C)cc1OCC. The quantitative estimate of drug-likeness (QED) is 0.790. The maximum atomic E-state index is 12.4. The van der Waals surface area contributed by atoms with Gasteiger partial charge in [0.15, 0.2) is 11.5 Å². The first-order valence-corrected chi connectivity index (χ1v) is 8.88. The van der Waals surface area contributed by atoms with Crippen LogP contribution in [0.15, 0.2) is 18.2 Å². The van der Waals surface area contributed by atoms with Crippen molar-refractivity contribution in [3.05, 3.63) is 23.8 Å². The predicted molar refractivity (Wildman–Crippen MR) is 93.5 cm³/mol. The lowest BCUT2D eigenvalue weighted by molar-refractivity contribution is -0.131. The molecule has 2 rings (SSSR count). The molecular weight excluding hydrogens is 306 g/mol. The number of rotatable bonds is 8. The molecule has 0 spiro atoms. The lowest BCUT2D eigenvalue weighted by atomic mass is 9.95. The molecular formula is C19H29NO4. The summed E-state index contributed by atoms with van der Waals surface area (Å²) in [5, 5.41) is 3.14. The Balaban J connectivity index is 2.19. The van der Waals surface area contributed by atoms with Crippen LogP contribution in [-0.2, 0) is 9.53 Å². The molecule has 5 heteroatoms. The Hall–Kier alpha value is -1.75. The minimum atomic E-state index is -0.319. The fourth-order valence-electron chi connectivity index (χ4n) is 2.93. The number of hydrogen-bond acceptors (Lipinski definition) is 4. The Morgan fingerprint density at radius 1 is 1.25 bits per heavy atom.